The van der Waals surface area contributed by atoms with Gasteiger partial charge in [-0.15, -0.1) is 0 Å². The smallest absolute Gasteiger partial charge is 0.0781 e. The van der Waals surface area contributed by atoms with E-state index in [0.29, 0.717) is 24.2 Å². The summed E-state index contributed by atoms with van der Waals surface area (Å²) in [6.07, 6.45) is 3.18. The highest BCUT2D eigenvalue weighted by Crippen LogP contribution is 2.35. The Morgan fingerprint density at radius 2 is 2.35 bits per heavy atom. The van der Waals surface area contributed by atoms with E-state index in [1.165, 1.54) is 18.4 Å². The molecule has 1 unspecified atom stereocenters. The van der Waals surface area contributed by atoms with Crippen molar-refractivity contribution in [3.05, 3.63) is 22.4 Å². The second-order valence-corrected chi connectivity index (χ2v) is 7.00. The number of nitrogens with zero attached hydrogens (tertiary/aromatic N) is 1. The molecular weight excluding hydrogens is 270 g/mol. The van der Waals surface area contributed by atoms with Crippen molar-refractivity contribution < 1.29 is 9.47 Å². The summed E-state index contributed by atoms with van der Waals surface area (Å²) in [6, 6.07) is 2.83. The molecule has 0 bridgehead atoms. The van der Waals surface area contributed by atoms with Crippen LogP contribution in [-0.2, 0) is 16.0 Å². The first-order valence-corrected chi connectivity index (χ1v) is 8.66. The van der Waals surface area contributed by atoms with E-state index in [1.807, 2.05) is 0 Å². The van der Waals surface area contributed by atoms with Crippen LogP contribution in [0.5, 0.6) is 0 Å². The van der Waals surface area contributed by atoms with Crippen molar-refractivity contribution in [2.75, 3.05) is 19.8 Å². The van der Waals surface area contributed by atoms with Gasteiger partial charge in [0, 0.05) is 25.0 Å². The second-order valence-electron chi connectivity index (χ2n) is 6.22. The van der Waals surface area contributed by atoms with E-state index in [9.17, 15) is 0 Å². The number of rotatable bonds is 5. The summed E-state index contributed by atoms with van der Waals surface area (Å²) < 4.78 is 11.9. The molecule has 112 valence electrons. The molecule has 4 heteroatoms. The van der Waals surface area contributed by atoms with Crippen molar-refractivity contribution >= 4 is 11.3 Å². The Hall–Kier alpha value is -0.420. The monoisotopic (exact) mass is 295 g/mol. The van der Waals surface area contributed by atoms with Crippen molar-refractivity contribution in [3.8, 4) is 0 Å². The van der Waals surface area contributed by atoms with Crippen LogP contribution in [0.1, 0.15) is 32.3 Å². The van der Waals surface area contributed by atoms with Crippen LogP contribution in [0.2, 0.25) is 0 Å². The molecule has 1 aliphatic heterocycles. The van der Waals surface area contributed by atoms with Gasteiger partial charge in [-0.1, -0.05) is 0 Å². The molecule has 3 rings (SSSR count). The molecule has 0 N–H and O–H groups in total. The number of ether oxygens (including phenoxy) is 2. The summed E-state index contributed by atoms with van der Waals surface area (Å²) in [6.45, 7) is 8.07. The highest BCUT2D eigenvalue weighted by atomic mass is 32.1. The van der Waals surface area contributed by atoms with E-state index in [-0.39, 0.29) is 0 Å². The summed E-state index contributed by atoms with van der Waals surface area (Å²) in [5.74, 6) is 0.577. The minimum atomic E-state index is 0.319. The average Bonchev–Trinajstić information content (AvgIpc) is 3.06. The Kier molecular flexibility index (Phi) is 4.76. The minimum absolute atomic E-state index is 0.319. The Bertz CT molecular complexity index is 407. The van der Waals surface area contributed by atoms with E-state index < -0.39 is 0 Å². The lowest BCUT2D eigenvalue weighted by Crippen LogP contribution is -2.50. The molecule has 20 heavy (non-hydrogen) atoms. The van der Waals surface area contributed by atoms with Crippen molar-refractivity contribution in [1.29, 1.82) is 0 Å². The van der Waals surface area contributed by atoms with Crippen LogP contribution in [0.3, 0.4) is 0 Å². The maximum atomic E-state index is 6.08. The van der Waals surface area contributed by atoms with Crippen LogP contribution >= 0.6 is 11.3 Å². The molecule has 2 fully saturated rings. The molecule has 2 heterocycles. The zero-order valence-electron chi connectivity index (χ0n) is 12.5. The number of thiophene rings is 1. The van der Waals surface area contributed by atoms with Gasteiger partial charge in [-0.25, -0.2) is 0 Å². The first-order chi connectivity index (χ1) is 9.74. The molecule has 0 aromatic carbocycles. The highest BCUT2D eigenvalue weighted by Gasteiger charge is 2.42. The average molecular weight is 295 g/mol. The van der Waals surface area contributed by atoms with Gasteiger partial charge < -0.3 is 9.47 Å². The van der Waals surface area contributed by atoms with Crippen LogP contribution in [-0.4, -0.2) is 42.9 Å². The fourth-order valence-corrected chi connectivity index (χ4v) is 4.10. The molecule has 1 aliphatic carbocycles. The SMILES string of the molecule is CC(C)OCC1CC[C@@H]2[C@@H]1OCCN2Cc1ccsc1. The summed E-state index contributed by atoms with van der Waals surface area (Å²) in [7, 11) is 0. The molecule has 0 amide bonds. The fourth-order valence-electron chi connectivity index (χ4n) is 3.44. The summed E-state index contributed by atoms with van der Waals surface area (Å²) >= 11 is 1.79. The maximum absolute atomic E-state index is 6.08. The van der Waals surface area contributed by atoms with Gasteiger partial charge in [-0.3, -0.25) is 4.90 Å². The first-order valence-electron chi connectivity index (χ1n) is 7.72. The lowest BCUT2D eigenvalue weighted by atomic mass is 10.0. The lowest BCUT2D eigenvalue weighted by Gasteiger charge is -2.39. The van der Waals surface area contributed by atoms with E-state index in [0.717, 1.165) is 26.3 Å². The molecule has 0 spiro atoms. The number of hydrogen-bond acceptors (Lipinski definition) is 4. The number of morpholine rings is 1. The topological polar surface area (TPSA) is 21.7 Å². The van der Waals surface area contributed by atoms with Gasteiger partial charge in [0.25, 0.3) is 0 Å². The van der Waals surface area contributed by atoms with Crippen LogP contribution in [0, 0.1) is 5.92 Å². The van der Waals surface area contributed by atoms with Crippen LogP contribution in [0.4, 0.5) is 0 Å². The molecule has 0 radical (unpaired) electrons. The van der Waals surface area contributed by atoms with Gasteiger partial charge in [0.2, 0.25) is 0 Å². The Balaban J connectivity index is 1.60. The van der Waals surface area contributed by atoms with E-state index in [4.69, 9.17) is 9.47 Å². The van der Waals surface area contributed by atoms with Gasteiger partial charge in [0.05, 0.1) is 25.4 Å². The van der Waals surface area contributed by atoms with Gasteiger partial charge in [0.1, 0.15) is 0 Å². The number of fused-ring (bicyclic) bond motifs is 1. The summed E-state index contributed by atoms with van der Waals surface area (Å²) in [4.78, 5) is 2.62. The molecular formula is C16H25NO2S. The first kappa shape index (κ1) is 14.5. The van der Waals surface area contributed by atoms with Crippen molar-refractivity contribution in [3.63, 3.8) is 0 Å². The zero-order chi connectivity index (χ0) is 13.9. The summed E-state index contributed by atoms with van der Waals surface area (Å²) in [5, 5.41) is 4.43. The molecule has 1 aromatic heterocycles. The van der Waals surface area contributed by atoms with Crippen molar-refractivity contribution in [2.24, 2.45) is 5.92 Å². The molecule has 2 aliphatic rings. The Morgan fingerprint density at radius 3 is 3.10 bits per heavy atom. The quantitative estimate of drug-likeness (QED) is 0.833. The zero-order valence-corrected chi connectivity index (χ0v) is 13.3. The molecule has 3 atom stereocenters. The standard InChI is InChI=1S/C16H25NO2S/c1-12(2)19-10-14-3-4-15-16(14)18-7-6-17(15)9-13-5-8-20-11-13/h5,8,11-12,14-16H,3-4,6-7,9-10H2,1-2H3/t14?,15-,16-/m1/s1. The van der Waals surface area contributed by atoms with Gasteiger partial charge in [-0.2, -0.15) is 11.3 Å². The predicted octanol–water partition coefficient (Wildman–Crippen LogP) is 3.15. The van der Waals surface area contributed by atoms with Crippen molar-refractivity contribution in [1.82, 2.24) is 4.90 Å². The highest BCUT2D eigenvalue weighted by molar-refractivity contribution is 7.07. The van der Waals surface area contributed by atoms with Gasteiger partial charge in [-0.05, 0) is 49.1 Å². The predicted molar refractivity (Wildman–Crippen MR) is 82.1 cm³/mol. The third-order valence-corrected chi connectivity index (χ3v) is 5.18. The minimum Gasteiger partial charge on any atom is -0.378 e. The fraction of sp³-hybridized carbons (Fsp3) is 0.750. The van der Waals surface area contributed by atoms with Crippen LogP contribution in [0.15, 0.2) is 16.8 Å². The molecule has 1 saturated heterocycles. The molecule has 3 nitrogen and oxygen atoms in total. The third-order valence-electron chi connectivity index (χ3n) is 4.44. The second kappa shape index (κ2) is 6.56. The number of hydrogen-bond donors (Lipinski definition) is 0. The lowest BCUT2D eigenvalue weighted by molar-refractivity contribution is -0.0917. The summed E-state index contributed by atoms with van der Waals surface area (Å²) in [5.41, 5.74) is 1.44. The van der Waals surface area contributed by atoms with Crippen LogP contribution < -0.4 is 0 Å². The Labute approximate surface area is 125 Å². The van der Waals surface area contributed by atoms with Crippen molar-refractivity contribution in [2.45, 2.75) is 51.5 Å². The van der Waals surface area contributed by atoms with E-state index in [2.05, 4.69) is 35.6 Å². The van der Waals surface area contributed by atoms with E-state index in [1.54, 1.807) is 11.3 Å². The maximum Gasteiger partial charge on any atom is 0.0781 e. The largest absolute Gasteiger partial charge is 0.378 e. The third kappa shape index (κ3) is 3.25. The van der Waals surface area contributed by atoms with Crippen LogP contribution in [0.25, 0.3) is 0 Å². The van der Waals surface area contributed by atoms with Gasteiger partial charge >= 0.3 is 0 Å². The van der Waals surface area contributed by atoms with E-state index >= 15 is 0 Å². The molecule has 1 aromatic rings. The molecule has 1 saturated carbocycles. The normalized spacial score (nSPS) is 30.9. The Morgan fingerprint density at radius 1 is 1.45 bits per heavy atom. The van der Waals surface area contributed by atoms with Gasteiger partial charge in [0.15, 0.2) is 0 Å².